The molecule has 4 rings (SSSR count). The van der Waals surface area contributed by atoms with Gasteiger partial charge in [-0.3, -0.25) is 4.68 Å². The molecule has 0 aromatic carbocycles. The Bertz CT molecular complexity index is 913. The first-order chi connectivity index (χ1) is 13.1. The van der Waals surface area contributed by atoms with Crippen LogP contribution in [-0.4, -0.2) is 55.5 Å². The molecule has 9 nitrogen and oxygen atoms in total. The lowest BCUT2D eigenvalue weighted by molar-refractivity contribution is 0.160. The number of aromatic nitrogens is 5. The van der Waals surface area contributed by atoms with E-state index < -0.39 is 0 Å². The van der Waals surface area contributed by atoms with Crippen molar-refractivity contribution in [2.45, 2.75) is 39.2 Å². The van der Waals surface area contributed by atoms with Gasteiger partial charge in [0.05, 0.1) is 23.9 Å². The summed E-state index contributed by atoms with van der Waals surface area (Å²) < 4.78 is 1.93. The van der Waals surface area contributed by atoms with Crippen LogP contribution >= 0.6 is 0 Å². The van der Waals surface area contributed by atoms with Crippen LogP contribution in [0.25, 0.3) is 22.3 Å². The summed E-state index contributed by atoms with van der Waals surface area (Å²) in [6.45, 7) is 7.76. The fourth-order valence-electron chi connectivity index (χ4n) is 2.95. The van der Waals surface area contributed by atoms with E-state index in [4.69, 9.17) is 10.4 Å². The van der Waals surface area contributed by atoms with Crippen molar-refractivity contribution >= 4 is 11.0 Å². The Morgan fingerprint density at radius 1 is 1.32 bits per heavy atom. The number of nitrogens with one attached hydrogen (secondary N) is 2. The Kier molecular flexibility index (Phi) is 8.73. The minimum atomic E-state index is -0.234. The van der Waals surface area contributed by atoms with Gasteiger partial charge in [-0.2, -0.15) is 10.4 Å². The predicted molar refractivity (Wildman–Crippen MR) is 111 cm³/mol. The quantitative estimate of drug-likeness (QED) is 0.622. The van der Waals surface area contributed by atoms with Crippen LogP contribution < -0.4 is 5.32 Å². The average molecular weight is 390 g/mol. The van der Waals surface area contributed by atoms with Crippen molar-refractivity contribution in [2.75, 3.05) is 20.2 Å². The molecule has 0 spiro atoms. The summed E-state index contributed by atoms with van der Waals surface area (Å²) in [4.78, 5) is 11.8. The second-order valence-electron chi connectivity index (χ2n) is 6.40. The van der Waals surface area contributed by atoms with E-state index in [1.165, 1.54) is 6.42 Å². The highest BCUT2D eigenvalue weighted by Gasteiger charge is 2.40. The van der Waals surface area contributed by atoms with Gasteiger partial charge in [-0.25, -0.2) is 9.97 Å². The van der Waals surface area contributed by atoms with E-state index >= 15 is 0 Å². The van der Waals surface area contributed by atoms with Crippen molar-refractivity contribution in [3.63, 3.8) is 0 Å². The highest BCUT2D eigenvalue weighted by atomic mass is 16.2. The SMILES string of the molecule is CCC.CO.Cc1nn(C2(CC#N)CNC2)cc1-c1ncnc2[nH]ccc12.O.[HH]. The monoisotopic (exact) mass is 389 g/mol. The van der Waals surface area contributed by atoms with Crippen molar-refractivity contribution in [1.29, 1.82) is 5.26 Å². The fraction of sp³-hybridized carbons (Fsp3) is 0.474. The summed E-state index contributed by atoms with van der Waals surface area (Å²) in [6, 6.07) is 4.24. The zero-order valence-electron chi connectivity index (χ0n) is 16.8. The number of nitrogens with zero attached hydrogens (tertiary/aromatic N) is 5. The highest BCUT2D eigenvalue weighted by Crippen LogP contribution is 2.31. The van der Waals surface area contributed by atoms with Crippen molar-refractivity contribution in [3.05, 3.63) is 30.5 Å². The first kappa shape index (κ1) is 23.2. The Morgan fingerprint density at radius 2 is 2.00 bits per heavy atom. The van der Waals surface area contributed by atoms with Crippen LogP contribution in [-0.2, 0) is 5.54 Å². The zero-order chi connectivity index (χ0) is 19.9. The van der Waals surface area contributed by atoms with E-state index in [-0.39, 0.29) is 12.4 Å². The second-order valence-corrected chi connectivity index (χ2v) is 6.40. The second kappa shape index (κ2) is 10.5. The molecule has 0 aliphatic carbocycles. The molecule has 4 heterocycles. The molecule has 3 aromatic rings. The number of fused-ring (bicyclic) bond motifs is 1. The summed E-state index contributed by atoms with van der Waals surface area (Å²) in [5.41, 5.74) is 3.34. The topological polar surface area (TPSA) is 147 Å². The Labute approximate surface area is 166 Å². The minimum absolute atomic E-state index is 0. The van der Waals surface area contributed by atoms with Crippen LogP contribution in [0.15, 0.2) is 24.8 Å². The summed E-state index contributed by atoms with van der Waals surface area (Å²) in [5.74, 6) is 0. The first-order valence-corrected chi connectivity index (χ1v) is 9.02. The molecule has 9 heteroatoms. The maximum absolute atomic E-state index is 9.09. The van der Waals surface area contributed by atoms with Gasteiger partial charge in [-0.15, -0.1) is 0 Å². The fourth-order valence-corrected chi connectivity index (χ4v) is 2.95. The lowest BCUT2D eigenvalue weighted by Gasteiger charge is -2.41. The Balaban J connectivity index is 0.00000103. The molecular formula is C19H31N7O2. The number of rotatable bonds is 3. The highest BCUT2D eigenvalue weighted by molar-refractivity contribution is 5.90. The number of aliphatic hydroxyl groups is 1. The molecule has 3 aromatic heterocycles. The molecule has 0 atom stereocenters. The molecule has 0 bridgehead atoms. The van der Waals surface area contributed by atoms with Crippen molar-refractivity contribution in [3.8, 4) is 17.3 Å². The lowest BCUT2D eigenvalue weighted by atomic mass is 9.89. The number of nitriles is 1. The van der Waals surface area contributed by atoms with Gasteiger partial charge in [-0.05, 0) is 13.0 Å². The van der Waals surface area contributed by atoms with Gasteiger partial charge in [0.1, 0.15) is 17.5 Å². The molecule has 5 N–H and O–H groups in total. The van der Waals surface area contributed by atoms with Crippen LogP contribution in [0.2, 0.25) is 0 Å². The molecule has 1 aliphatic rings. The molecule has 1 fully saturated rings. The van der Waals surface area contributed by atoms with Crippen molar-refractivity contribution < 1.29 is 12.0 Å². The summed E-state index contributed by atoms with van der Waals surface area (Å²) in [6.07, 6.45) is 7.11. The number of aromatic amines is 1. The third-order valence-corrected chi connectivity index (χ3v) is 4.31. The molecule has 154 valence electrons. The van der Waals surface area contributed by atoms with Crippen molar-refractivity contribution in [1.82, 2.24) is 30.0 Å². The average Bonchev–Trinajstić information content (AvgIpc) is 3.27. The van der Waals surface area contributed by atoms with E-state index in [2.05, 4.69) is 45.3 Å². The minimum Gasteiger partial charge on any atom is -0.412 e. The van der Waals surface area contributed by atoms with Crippen LogP contribution in [0.3, 0.4) is 0 Å². The van der Waals surface area contributed by atoms with Gasteiger partial charge in [0.2, 0.25) is 0 Å². The number of hydrogen-bond donors (Lipinski definition) is 3. The molecule has 0 amide bonds. The molecule has 28 heavy (non-hydrogen) atoms. The van der Waals surface area contributed by atoms with Crippen molar-refractivity contribution in [2.24, 2.45) is 0 Å². The molecule has 0 unspecified atom stereocenters. The summed E-state index contributed by atoms with van der Waals surface area (Å²) in [5, 5.41) is 25.0. The molecule has 0 saturated carbocycles. The van der Waals surface area contributed by atoms with Gasteiger partial charge < -0.3 is 20.9 Å². The first-order valence-electron chi connectivity index (χ1n) is 9.02. The largest absolute Gasteiger partial charge is 0.412 e. The molecule has 1 aliphatic heterocycles. The Hall–Kier alpha value is -2.80. The third-order valence-electron chi connectivity index (χ3n) is 4.31. The van der Waals surface area contributed by atoms with E-state index in [1.54, 1.807) is 6.33 Å². The van der Waals surface area contributed by atoms with E-state index in [0.29, 0.717) is 6.42 Å². The smallest absolute Gasteiger partial charge is 0.141 e. The van der Waals surface area contributed by atoms with Gasteiger partial charge in [0, 0.05) is 45.0 Å². The van der Waals surface area contributed by atoms with Crippen LogP contribution in [0, 0.1) is 18.3 Å². The number of H-pyrrole nitrogens is 1. The van der Waals surface area contributed by atoms with Gasteiger partial charge in [-0.1, -0.05) is 20.3 Å². The van der Waals surface area contributed by atoms with Gasteiger partial charge in [0.25, 0.3) is 0 Å². The molecule has 1 saturated heterocycles. The van der Waals surface area contributed by atoms with Gasteiger partial charge >= 0.3 is 0 Å². The number of hydrogen-bond acceptors (Lipinski definition) is 6. The zero-order valence-corrected chi connectivity index (χ0v) is 16.8. The summed E-state index contributed by atoms with van der Waals surface area (Å²) in [7, 11) is 1.00. The predicted octanol–water partition coefficient (Wildman–Crippen LogP) is 1.79. The maximum Gasteiger partial charge on any atom is 0.141 e. The molecule has 0 radical (unpaired) electrons. The number of aliphatic hydroxyl groups excluding tert-OH is 1. The third kappa shape index (κ3) is 4.36. The standard InChI is InChI=1S/C15H15N7.C3H8.CH4O.H2O.H2/c1-10-12(13-11-2-5-18-14(11)20-9-19-13)6-22(21-10)15(3-4-16)7-17-8-15;1-3-2;1-2;;/h2,5-6,9,17H,3,7-8H2,1H3,(H,18,19,20);3H2,1-2H3;2H,1H3;1H2;1H. The van der Waals surface area contributed by atoms with Crippen LogP contribution in [0.1, 0.15) is 33.8 Å². The number of aryl methyl sites for hydroxylation is 1. The lowest BCUT2D eigenvalue weighted by Crippen LogP contribution is -2.60. The van der Waals surface area contributed by atoms with E-state index in [1.807, 2.05) is 30.1 Å². The normalized spacial score (nSPS) is 13.7. The molecular weight excluding hydrogens is 358 g/mol. The van der Waals surface area contributed by atoms with Crippen LogP contribution in [0.4, 0.5) is 0 Å². The van der Waals surface area contributed by atoms with E-state index in [0.717, 1.165) is 48.2 Å². The summed E-state index contributed by atoms with van der Waals surface area (Å²) >= 11 is 0. The van der Waals surface area contributed by atoms with Crippen LogP contribution in [0.5, 0.6) is 0 Å². The maximum atomic E-state index is 9.09. The van der Waals surface area contributed by atoms with Gasteiger partial charge in [0.15, 0.2) is 0 Å². The Morgan fingerprint density at radius 3 is 2.57 bits per heavy atom. The van der Waals surface area contributed by atoms with E-state index in [9.17, 15) is 0 Å².